The molecule has 0 aliphatic heterocycles. The van der Waals surface area contributed by atoms with Crippen molar-refractivity contribution >= 4 is 10.9 Å². The van der Waals surface area contributed by atoms with Gasteiger partial charge in [-0.15, -0.1) is 0 Å². The van der Waals surface area contributed by atoms with Gasteiger partial charge >= 0.3 is 0 Å². The zero-order valence-electron chi connectivity index (χ0n) is 13.8. The zero-order valence-corrected chi connectivity index (χ0v) is 13.8. The number of hydrogen-bond donors (Lipinski definition) is 1. The molecule has 5 nitrogen and oxygen atoms in total. The molecule has 0 aliphatic rings. The summed E-state index contributed by atoms with van der Waals surface area (Å²) in [6, 6.07) is 11.8. The Labute approximate surface area is 140 Å². The van der Waals surface area contributed by atoms with Crippen molar-refractivity contribution in [3.05, 3.63) is 64.8 Å². The van der Waals surface area contributed by atoms with Gasteiger partial charge in [0.2, 0.25) is 11.2 Å². The first-order valence-electron chi connectivity index (χ1n) is 8.03. The van der Waals surface area contributed by atoms with Crippen molar-refractivity contribution in [3.8, 4) is 5.75 Å². The lowest BCUT2D eigenvalue weighted by atomic mass is 10.1. The summed E-state index contributed by atoms with van der Waals surface area (Å²) in [6.45, 7) is 3.76. The van der Waals surface area contributed by atoms with E-state index in [2.05, 4.69) is 35.9 Å². The van der Waals surface area contributed by atoms with Crippen LogP contribution in [0.3, 0.4) is 0 Å². The first kappa shape index (κ1) is 16.3. The summed E-state index contributed by atoms with van der Waals surface area (Å²) in [5.74, 6) is 0.399. The molecule has 24 heavy (non-hydrogen) atoms. The van der Waals surface area contributed by atoms with Gasteiger partial charge in [-0.3, -0.25) is 4.79 Å². The average molecular weight is 327 g/mol. The molecule has 0 bridgehead atoms. The molecule has 2 heterocycles. The van der Waals surface area contributed by atoms with Crippen molar-refractivity contribution in [1.82, 2.24) is 4.57 Å². The number of aliphatic hydroxyl groups excluding tert-OH is 1. The number of rotatable bonds is 6. The van der Waals surface area contributed by atoms with Gasteiger partial charge in [0.1, 0.15) is 18.6 Å². The van der Waals surface area contributed by atoms with Gasteiger partial charge in [-0.2, -0.15) is 0 Å². The summed E-state index contributed by atoms with van der Waals surface area (Å²) in [5.41, 5.74) is 0.903. The fourth-order valence-electron chi connectivity index (χ4n) is 2.96. The normalized spacial score (nSPS) is 13.8. The summed E-state index contributed by atoms with van der Waals surface area (Å²) >= 11 is 0. The fraction of sp³-hybridized carbons (Fsp3) is 0.316. The second kappa shape index (κ2) is 6.93. The molecule has 0 amide bonds. The fourth-order valence-corrected chi connectivity index (χ4v) is 2.96. The molecule has 3 aromatic rings. The van der Waals surface area contributed by atoms with Crippen LogP contribution in [0.4, 0.5) is 0 Å². The van der Waals surface area contributed by atoms with E-state index >= 15 is 0 Å². The number of aliphatic hydroxyl groups is 1. The van der Waals surface area contributed by atoms with Gasteiger partial charge in [0.15, 0.2) is 0 Å². The first-order chi connectivity index (χ1) is 11.6. The molecule has 0 fully saturated rings. The molecule has 1 aromatic carbocycles. The summed E-state index contributed by atoms with van der Waals surface area (Å²) in [7, 11) is 0. The van der Waals surface area contributed by atoms with E-state index in [4.69, 9.17) is 14.3 Å². The molecule has 126 valence electrons. The number of benzene rings is 1. The Hall–Kier alpha value is -2.53. The van der Waals surface area contributed by atoms with Crippen molar-refractivity contribution < 1.29 is 14.3 Å². The van der Waals surface area contributed by atoms with Crippen molar-refractivity contribution in [1.29, 1.82) is 0 Å². The molecule has 2 unspecified atom stereocenters. The van der Waals surface area contributed by atoms with Crippen LogP contribution in [0, 0.1) is 0 Å². The SMILES string of the molecule is CC(CC(C)n1ccc2ccccc21)Oc1coc(CO)cc1=O. The molecular weight excluding hydrogens is 306 g/mol. The molecule has 0 saturated heterocycles. The van der Waals surface area contributed by atoms with Crippen LogP contribution in [0.1, 0.15) is 32.1 Å². The van der Waals surface area contributed by atoms with Gasteiger partial charge in [-0.25, -0.2) is 0 Å². The van der Waals surface area contributed by atoms with E-state index in [1.165, 1.54) is 23.2 Å². The van der Waals surface area contributed by atoms with Gasteiger partial charge < -0.3 is 18.8 Å². The minimum atomic E-state index is -0.303. The van der Waals surface area contributed by atoms with Crippen LogP contribution in [0.5, 0.6) is 5.75 Å². The largest absolute Gasteiger partial charge is 0.484 e. The van der Waals surface area contributed by atoms with Gasteiger partial charge in [0.25, 0.3) is 0 Å². The second-order valence-electron chi connectivity index (χ2n) is 6.03. The number of nitrogens with zero attached hydrogens (tertiary/aromatic N) is 1. The third-order valence-corrected chi connectivity index (χ3v) is 4.11. The zero-order chi connectivity index (χ0) is 17.1. The minimum Gasteiger partial charge on any atom is -0.484 e. The second-order valence-corrected chi connectivity index (χ2v) is 6.03. The highest BCUT2D eigenvalue weighted by molar-refractivity contribution is 5.80. The van der Waals surface area contributed by atoms with Crippen LogP contribution < -0.4 is 10.2 Å². The van der Waals surface area contributed by atoms with Gasteiger partial charge in [-0.05, 0) is 31.4 Å². The molecule has 1 N–H and O–H groups in total. The van der Waals surface area contributed by atoms with Crippen molar-refractivity contribution in [3.63, 3.8) is 0 Å². The number of para-hydroxylation sites is 1. The van der Waals surface area contributed by atoms with E-state index < -0.39 is 0 Å². The first-order valence-corrected chi connectivity index (χ1v) is 8.03. The predicted octanol–water partition coefficient (Wildman–Crippen LogP) is 3.51. The lowest BCUT2D eigenvalue weighted by Gasteiger charge is -2.20. The Kier molecular flexibility index (Phi) is 4.71. The maximum Gasteiger partial charge on any atom is 0.227 e. The standard InChI is InChI=1S/C19H21NO4/c1-13(20-8-7-15-5-3-4-6-17(15)20)9-14(2)24-19-12-23-16(11-21)10-18(19)22/h3-8,10,12-14,21H,9,11H2,1-2H3. The maximum atomic E-state index is 11.9. The molecular formula is C19H21NO4. The third-order valence-electron chi connectivity index (χ3n) is 4.11. The lowest BCUT2D eigenvalue weighted by Crippen LogP contribution is -2.20. The molecule has 0 aliphatic carbocycles. The Morgan fingerprint density at radius 2 is 2.04 bits per heavy atom. The molecule has 0 saturated carbocycles. The van der Waals surface area contributed by atoms with E-state index in [1.54, 1.807) is 0 Å². The molecule has 0 spiro atoms. The van der Waals surface area contributed by atoms with E-state index in [0.717, 1.165) is 6.42 Å². The van der Waals surface area contributed by atoms with Gasteiger partial charge in [-0.1, -0.05) is 18.2 Å². The summed E-state index contributed by atoms with van der Waals surface area (Å²) in [4.78, 5) is 11.9. The Bertz CT molecular complexity index is 880. The number of aromatic nitrogens is 1. The number of fused-ring (bicyclic) bond motifs is 1. The number of ether oxygens (including phenoxy) is 1. The average Bonchev–Trinajstić information content (AvgIpc) is 3.00. The molecule has 0 radical (unpaired) electrons. The van der Waals surface area contributed by atoms with Crippen LogP contribution >= 0.6 is 0 Å². The Morgan fingerprint density at radius 1 is 1.25 bits per heavy atom. The Morgan fingerprint density at radius 3 is 2.79 bits per heavy atom. The van der Waals surface area contributed by atoms with Crippen LogP contribution in [-0.2, 0) is 6.61 Å². The monoisotopic (exact) mass is 327 g/mol. The van der Waals surface area contributed by atoms with E-state index in [0.29, 0.717) is 0 Å². The summed E-state index contributed by atoms with van der Waals surface area (Å²) in [5, 5.41) is 10.2. The lowest BCUT2D eigenvalue weighted by molar-refractivity contribution is 0.181. The van der Waals surface area contributed by atoms with E-state index in [1.807, 2.05) is 19.1 Å². The summed E-state index contributed by atoms with van der Waals surface area (Å²) < 4.78 is 13.1. The highest BCUT2D eigenvalue weighted by Crippen LogP contribution is 2.23. The molecule has 2 aromatic heterocycles. The van der Waals surface area contributed by atoms with E-state index in [9.17, 15) is 4.79 Å². The third kappa shape index (κ3) is 3.36. The maximum absolute atomic E-state index is 11.9. The summed E-state index contributed by atoms with van der Waals surface area (Å²) in [6.07, 6.45) is 3.94. The topological polar surface area (TPSA) is 64.6 Å². The highest BCUT2D eigenvalue weighted by atomic mass is 16.5. The molecule has 2 atom stereocenters. The van der Waals surface area contributed by atoms with Crippen molar-refractivity contribution in [2.45, 2.75) is 39.0 Å². The van der Waals surface area contributed by atoms with Crippen molar-refractivity contribution in [2.24, 2.45) is 0 Å². The van der Waals surface area contributed by atoms with Crippen molar-refractivity contribution in [2.75, 3.05) is 0 Å². The predicted molar refractivity (Wildman–Crippen MR) is 92.3 cm³/mol. The van der Waals surface area contributed by atoms with Crippen LogP contribution in [0.15, 0.2) is 58.1 Å². The minimum absolute atomic E-state index is 0.149. The van der Waals surface area contributed by atoms with Crippen LogP contribution in [0.25, 0.3) is 10.9 Å². The highest BCUT2D eigenvalue weighted by Gasteiger charge is 2.15. The Balaban J connectivity index is 1.70. The van der Waals surface area contributed by atoms with Gasteiger partial charge in [0.05, 0.1) is 6.10 Å². The van der Waals surface area contributed by atoms with Crippen LogP contribution in [-0.4, -0.2) is 15.8 Å². The molecule has 3 rings (SSSR count). The van der Waals surface area contributed by atoms with E-state index in [-0.39, 0.29) is 35.7 Å². The number of hydrogen-bond acceptors (Lipinski definition) is 4. The van der Waals surface area contributed by atoms with Crippen LogP contribution in [0.2, 0.25) is 0 Å². The molecule has 5 heteroatoms. The smallest absolute Gasteiger partial charge is 0.227 e. The quantitative estimate of drug-likeness (QED) is 0.752. The van der Waals surface area contributed by atoms with Gasteiger partial charge in [0, 0.05) is 30.2 Å².